The van der Waals surface area contributed by atoms with E-state index in [4.69, 9.17) is 11.6 Å². The summed E-state index contributed by atoms with van der Waals surface area (Å²) >= 11 is 5.84. The first-order valence-electron chi connectivity index (χ1n) is 7.40. The molecule has 0 saturated carbocycles. The second kappa shape index (κ2) is 7.61. The predicted octanol–water partition coefficient (Wildman–Crippen LogP) is 1.11. The van der Waals surface area contributed by atoms with Gasteiger partial charge in [0.15, 0.2) is 0 Å². The number of rotatable bonds is 4. The van der Waals surface area contributed by atoms with Crippen molar-refractivity contribution >= 4 is 23.4 Å². The Morgan fingerprint density at radius 3 is 2.23 bits per heavy atom. The van der Waals surface area contributed by atoms with Gasteiger partial charge in [0, 0.05) is 45.3 Å². The molecule has 0 unspecified atom stereocenters. The Bertz CT molecular complexity index is 523. The molecule has 2 rings (SSSR count). The maximum absolute atomic E-state index is 12.3. The molecule has 1 aliphatic rings. The highest BCUT2D eigenvalue weighted by molar-refractivity contribution is 6.30. The van der Waals surface area contributed by atoms with Crippen LogP contribution in [-0.4, -0.2) is 73.3 Å². The molecule has 0 spiro atoms. The fraction of sp³-hybridized carbons (Fsp3) is 0.500. The third kappa shape index (κ3) is 4.71. The molecular weight excluding hydrogens is 302 g/mol. The molecule has 22 heavy (non-hydrogen) atoms. The average molecular weight is 324 g/mol. The molecule has 1 heterocycles. The van der Waals surface area contributed by atoms with Crippen LogP contribution in [-0.2, 0) is 16.0 Å². The molecule has 0 radical (unpaired) electrons. The third-order valence-electron chi connectivity index (χ3n) is 3.85. The number of amides is 2. The Hall–Kier alpha value is -1.59. The Balaban J connectivity index is 1.79. The number of hydrogen-bond donors (Lipinski definition) is 0. The van der Waals surface area contributed by atoms with E-state index in [1.165, 1.54) is 0 Å². The van der Waals surface area contributed by atoms with Crippen molar-refractivity contribution in [3.8, 4) is 0 Å². The Morgan fingerprint density at radius 1 is 1.09 bits per heavy atom. The van der Waals surface area contributed by atoms with Crippen LogP contribution in [0.15, 0.2) is 24.3 Å². The topological polar surface area (TPSA) is 43.9 Å². The number of halogens is 1. The van der Waals surface area contributed by atoms with Gasteiger partial charge in [-0.15, -0.1) is 0 Å². The van der Waals surface area contributed by atoms with E-state index in [1.54, 1.807) is 31.1 Å². The largest absolute Gasteiger partial charge is 0.348 e. The summed E-state index contributed by atoms with van der Waals surface area (Å²) in [7, 11) is 3.52. The van der Waals surface area contributed by atoms with Crippen LogP contribution in [0, 0.1) is 0 Å². The quantitative estimate of drug-likeness (QED) is 0.834. The minimum atomic E-state index is 0.0981. The summed E-state index contributed by atoms with van der Waals surface area (Å²) in [4.78, 5) is 29.5. The summed E-state index contributed by atoms with van der Waals surface area (Å²) in [6.07, 6.45) is 0.397. The van der Waals surface area contributed by atoms with Crippen molar-refractivity contribution in [3.05, 3.63) is 34.9 Å². The van der Waals surface area contributed by atoms with Crippen LogP contribution >= 0.6 is 11.6 Å². The van der Waals surface area contributed by atoms with Gasteiger partial charge >= 0.3 is 0 Å². The van der Waals surface area contributed by atoms with Crippen LogP contribution in [0.1, 0.15) is 5.56 Å². The molecule has 0 N–H and O–H groups in total. The van der Waals surface area contributed by atoms with Crippen molar-refractivity contribution in [2.45, 2.75) is 6.42 Å². The maximum Gasteiger partial charge on any atom is 0.236 e. The Labute approximate surface area is 136 Å². The van der Waals surface area contributed by atoms with Crippen molar-refractivity contribution in [1.82, 2.24) is 14.7 Å². The lowest BCUT2D eigenvalue weighted by Crippen LogP contribution is -2.51. The number of likely N-dealkylation sites (N-methyl/N-ethyl adjacent to an activating group) is 1. The zero-order valence-electron chi connectivity index (χ0n) is 13.1. The summed E-state index contributed by atoms with van der Waals surface area (Å²) in [6.45, 7) is 3.25. The van der Waals surface area contributed by atoms with Gasteiger partial charge in [0.25, 0.3) is 0 Å². The van der Waals surface area contributed by atoms with E-state index in [0.29, 0.717) is 31.1 Å². The first-order valence-corrected chi connectivity index (χ1v) is 7.78. The van der Waals surface area contributed by atoms with E-state index in [0.717, 1.165) is 18.7 Å². The summed E-state index contributed by atoms with van der Waals surface area (Å²) in [5.41, 5.74) is 0.972. The van der Waals surface area contributed by atoms with E-state index >= 15 is 0 Å². The van der Waals surface area contributed by atoms with Gasteiger partial charge in [0.05, 0.1) is 13.0 Å². The number of nitrogens with zero attached hydrogens (tertiary/aromatic N) is 3. The van der Waals surface area contributed by atoms with Crippen molar-refractivity contribution in [2.75, 3.05) is 46.8 Å². The van der Waals surface area contributed by atoms with Crippen molar-refractivity contribution < 1.29 is 9.59 Å². The smallest absolute Gasteiger partial charge is 0.236 e. The van der Waals surface area contributed by atoms with Crippen LogP contribution in [0.3, 0.4) is 0 Å². The molecule has 0 aromatic heterocycles. The number of piperazine rings is 1. The molecule has 1 aromatic carbocycles. The maximum atomic E-state index is 12.3. The van der Waals surface area contributed by atoms with Gasteiger partial charge in [-0.2, -0.15) is 0 Å². The Morgan fingerprint density at radius 2 is 1.68 bits per heavy atom. The fourth-order valence-corrected chi connectivity index (χ4v) is 2.50. The van der Waals surface area contributed by atoms with E-state index in [-0.39, 0.29) is 11.8 Å². The molecule has 1 fully saturated rings. The van der Waals surface area contributed by atoms with Gasteiger partial charge in [0.2, 0.25) is 11.8 Å². The lowest BCUT2D eigenvalue weighted by molar-refractivity contribution is -0.133. The lowest BCUT2D eigenvalue weighted by atomic mass is 10.1. The highest BCUT2D eigenvalue weighted by Gasteiger charge is 2.22. The minimum Gasteiger partial charge on any atom is -0.348 e. The first-order chi connectivity index (χ1) is 10.5. The normalized spacial score (nSPS) is 15.7. The lowest BCUT2D eigenvalue weighted by Gasteiger charge is -2.34. The number of benzene rings is 1. The average Bonchev–Trinajstić information content (AvgIpc) is 2.50. The van der Waals surface area contributed by atoms with Crippen LogP contribution < -0.4 is 0 Å². The molecule has 1 saturated heterocycles. The zero-order chi connectivity index (χ0) is 16.1. The SMILES string of the molecule is CN(C)C(=O)CN1CCN(C(=O)Cc2ccc(Cl)cc2)CC1. The molecule has 1 aromatic rings. The van der Waals surface area contributed by atoms with Gasteiger partial charge in [-0.1, -0.05) is 23.7 Å². The predicted molar refractivity (Wildman–Crippen MR) is 86.9 cm³/mol. The second-order valence-electron chi connectivity index (χ2n) is 5.75. The van der Waals surface area contributed by atoms with E-state index < -0.39 is 0 Å². The van der Waals surface area contributed by atoms with Crippen molar-refractivity contribution in [3.63, 3.8) is 0 Å². The van der Waals surface area contributed by atoms with Gasteiger partial charge in [-0.05, 0) is 17.7 Å². The van der Waals surface area contributed by atoms with Crippen LogP contribution in [0.2, 0.25) is 5.02 Å². The Kier molecular flexibility index (Phi) is 5.80. The second-order valence-corrected chi connectivity index (χ2v) is 6.18. The van der Waals surface area contributed by atoms with Crippen molar-refractivity contribution in [2.24, 2.45) is 0 Å². The van der Waals surface area contributed by atoms with Crippen LogP contribution in [0.25, 0.3) is 0 Å². The van der Waals surface area contributed by atoms with E-state index in [2.05, 4.69) is 4.90 Å². The highest BCUT2D eigenvalue weighted by atomic mass is 35.5. The molecule has 6 heteroatoms. The first kappa shape index (κ1) is 16.8. The van der Waals surface area contributed by atoms with Crippen molar-refractivity contribution in [1.29, 1.82) is 0 Å². The third-order valence-corrected chi connectivity index (χ3v) is 4.10. The minimum absolute atomic E-state index is 0.0981. The molecule has 120 valence electrons. The standard InChI is InChI=1S/C16H22ClN3O2/c1-18(2)16(22)12-19-7-9-20(10-8-19)15(21)11-13-3-5-14(17)6-4-13/h3-6H,7-12H2,1-2H3. The molecule has 0 atom stereocenters. The molecule has 0 aliphatic carbocycles. The van der Waals surface area contributed by atoms with Gasteiger partial charge in [0.1, 0.15) is 0 Å². The van der Waals surface area contributed by atoms with Crippen LogP contribution in [0.5, 0.6) is 0 Å². The summed E-state index contributed by atoms with van der Waals surface area (Å²) in [6, 6.07) is 7.36. The monoisotopic (exact) mass is 323 g/mol. The zero-order valence-corrected chi connectivity index (χ0v) is 13.8. The molecular formula is C16H22ClN3O2. The van der Waals surface area contributed by atoms with Gasteiger partial charge in [-0.3, -0.25) is 14.5 Å². The van der Waals surface area contributed by atoms with E-state index in [1.807, 2.05) is 17.0 Å². The summed E-state index contributed by atoms with van der Waals surface area (Å²) < 4.78 is 0. The summed E-state index contributed by atoms with van der Waals surface area (Å²) in [5, 5.41) is 0.676. The number of hydrogen-bond acceptors (Lipinski definition) is 3. The number of carbonyl (C=O) groups excluding carboxylic acids is 2. The summed E-state index contributed by atoms with van der Waals surface area (Å²) in [5.74, 6) is 0.224. The molecule has 2 amide bonds. The number of carbonyl (C=O) groups is 2. The van der Waals surface area contributed by atoms with Crippen LogP contribution in [0.4, 0.5) is 0 Å². The molecule has 1 aliphatic heterocycles. The van der Waals surface area contributed by atoms with E-state index in [9.17, 15) is 9.59 Å². The molecule has 0 bridgehead atoms. The highest BCUT2D eigenvalue weighted by Crippen LogP contribution is 2.11. The van der Waals surface area contributed by atoms with Gasteiger partial charge in [-0.25, -0.2) is 0 Å². The fourth-order valence-electron chi connectivity index (χ4n) is 2.38. The van der Waals surface area contributed by atoms with Gasteiger partial charge < -0.3 is 9.80 Å². The molecule has 5 nitrogen and oxygen atoms in total.